The molecule has 63 heavy (non-hydrogen) atoms. The third-order valence-electron chi connectivity index (χ3n) is 10.6. The minimum Gasteiger partial charge on any atom is -0.394 e. The van der Waals surface area contributed by atoms with E-state index in [1.54, 1.807) is 6.92 Å². The van der Waals surface area contributed by atoms with E-state index in [2.05, 4.69) is 15.0 Å². The van der Waals surface area contributed by atoms with E-state index in [1.165, 1.54) is 27.7 Å². The fraction of sp³-hybridized carbons (Fsp3) is 0.550. The summed E-state index contributed by atoms with van der Waals surface area (Å²) >= 11 is 0. The maximum Gasteiger partial charge on any atom is 0.330 e. The van der Waals surface area contributed by atoms with E-state index in [4.69, 9.17) is 34.3 Å². The van der Waals surface area contributed by atoms with Gasteiger partial charge in [-0.25, -0.2) is 14.4 Å². The minimum atomic E-state index is -0.878. The zero-order valence-electron chi connectivity index (χ0n) is 34.7. The van der Waals surface area contributed by atoms with Crippen LogP contribution in [0.2, 0.25) is 0 Å². The number of hydrogen-bond acceptors (Lipinski definition) is 17. The Hall–Kier alpha value is -5.18. The highest BCUT2D eigenvalue weighted by molar-refractivity contribution is 5.18. The summed E-state index contributed by atoms with van der Waals surface area (Å²) in [5.41, 5.74) is -1.82. The smallest absolute Gasteiger partial charge is 0.330 e. The molecule has 23 nitrogen and oxygen atoms in total. The quantitative estimate of drug-likeness (QED) is 0.0689. The number of aryl methyl sites for hydroxylation is 1. The highest BCUT2D eigenvalue weighted by Crippen LogP contribution is 2.30. The van der Waals surface area contributed by atoms with Gasteiger partial charge in [-0.2, -0.15) is 0 Å². The molecule has 0 aliphatic carbocycles. The van der Waals surface area contributed by atoms with E-state index in [9.17, 15) is 49.2 Å². The molecule has 23 heteroatoms. The molecule has 3 saturated heterocycles. The normalized spacial score (nSPS) is 25.9. The zero-order valence-corrected chi connectivity index (χ0v) is 34.7. The molecule has 10 atom stereocenters. The van der Waals surface area contributed by atoms with Gasteiger partial charge in [0.1, 0.15) is 37.0 Å². The second-order valence-corrected chi connectivity index (χ2v) is 15.5. The molecule has 0 bridgehead atoms. The highest BCUT2D eigenvalue weighted by atomic mass is 16.6. The molecular weight excluding hydrogens is 836 g/mol. The predicted molar refractivity (Wildman–Crippen MR) is 218 cm³/mol. The topological polar surface area (TPSA) is 343 Å². The summed E-state index contributed by atoms with van der Waals surface area (Å²) in [6, 6.07) is 9.73. The van der Waals surface area contributed by atoms with Crippen LogP contribution in [0.3, 0.4) is 0 Å². The molecule has 10 N–H and O–H groups in total. The van der Waals surface area contributed by atoms with E-state index in [-0.39, 0.29) is 68.8 Å². The number of benzene rings is 1. The van der Waals surface area contributed by atoms with Crippen molar-refractivity contribution in [2.45, 2.75) is 115 Å². The Labute approximate surface area is 357 Å². The van der Waals surface area contributed by atoms with Crippen molar-refractivity contribution in [3.05, 3.63) is 134 Å². The third-order valence-corrected chi connectivity index (χ3v) is 10.6. The Morgan fingerprint density at radius 1 is 0.619 bits per heavy atom. The Morgan fingerprint density at radius 2 is 1.02 bits per heavy atom. The molecule has 6 heterocycles. The first-order valence-corrected chi connectivity index (χ1v) is 20.1. The van der Waals surface area contributed by atoms with Crippen LogP contribution in [0.1, 0.15) is 80.2 Å². The molecule has 3 aliphatic heterocycles. The first-order valence-electron chi connectivity index (χ1n) is 20.1. The van der Waals surface area contributed by atoms with Gasteiger partial charge in [-0.1, -0.05) is 44.2 Å². The van der Waals surface area contributed by atoms with Gasteiger partial charge in [-0.15, -0.1) is 0 Å². The van der Waals surface area contributed by atoms with Crippen molar-refractivity contribution in [2.24, 2.45) is 5.92 Å². The van der Waals surface area contributed by atoms with E-state index in [1.807, 2.05) is 44.2 Å². The van der Waals surface area contributed by atoms with Crippen LogP contribution in [0.4, 0.5) is 0 Å². The van der Waals surface area contributed by atoms with Crippen molar-refractivity contribution < 1.29 is 54.7 Å². The van der Waals surface area contributed by atoms with Crippen LogP contribution in [0, 0.1) is 12.8 Å². The average Bonchev–Trinajstić information content (AvgIpc) is 3.95. The Kier molecular flexibility index (Phi) is 17.0. The van der Waals surface area contributed by atoms with Crippen molar-refractivity contribution in [1.29, 1.82) is 0 Å². The third kappa shape index (κ3) is 11.9. The lowest BCUT2D eigenvalue weighted by Gasteiger charge is -2.22. The molecule has 0 spiro atoms. The molecule has 1 unspecified atom stereocenters. The molecule has 4 aromatic rings. The Balaban J connectivity index is 0.000000187. The second kappa shape index (κ2) is 21.9. The van der Waals surface area contributed by atoms with Gasteiger partial charge >= 0.3 is 17.1 Å². The molecule has 3 fully saturated rings. The largest absolute Gasteiger partial charge is 0.394 e. The fourth-order valence-electron chi connectivity index (χ4n) is 7.14. The van der Waals surface area contributed by atoms with Crippen LogP contribution in [-0.4, -0.2) is 121 Å². The summed E-state index contributed by atoms with van der Waals surface area (Å²) in [6.07, 6.45) is -2.71. The van der Waals surface area contributed by atoms with Gasteiger partial charge in [-0.3, -0.25) is 43.0 Å². The van der Waals surface area contributed by atoms with Gasteiger partial charge in [0.25, 0.3) is 16.7 Å². The van der Waals surface area contributed by atoms with Crippen LogP contribution in [0.25, 0.3) is 0 Å². The number of aliphatic hydroxyl groups is 7. The monoisotopic (exact) mass is 890 g/mol. The number of aromatic nitrogens is 6. The number of hydrogen-bond donors (Lipinski definition) is 10. The SMILES string of the molecule is CC(C)C(OCc1cn([C@H]2C[C@@H](O)[C@@H](CO)O2)c(=O)[nH]c1=O)c1ccccc1.Cc1cn([C@H]2C[C@@H](O)[C@@H](CO)O2)c(=O)[nH]c1=O.O=c1[nH]c(=O)n([C@H]2C[C@@H](O)[C@@H](CO)O2)cc1CO. The maximum absolute atomic E-state index is 12.2. The maximum atomic E-state index is 12.2. The van der Waals surface area contributed by atoms with Gasteiger partial charge < -0.3 is 54.7 Å². The second-order valence-electron chi connectivity index (χ2n) is 15.5. The van der Waals surface area contributed by atoms with Gasteiger partial charge in [0.05, 0.1) is 68.6 Å². The van der Waals surface area contributed by atoms with E-state index < -0.39 is 95.7 Å². The first kappa shape index (κ1) is 48.8. The zero-order chi connectivity index (χ0) is 46.1. The number of rotatable bonds is 12. The number of nitrogens with zero attached hydrogens (tertiary/aromatic N) is 3. The summed E-state index contributed by atoms with van der Waals surface area (Å²) < 4.78 is 25.7. The van der Waals surface area contributed by atoms with Gasteiger partial charge in [0, 0.05) is 43.4 Å². The van der Waals surface area contributed by atoms with Crippen LogP contribution in [0.5, 0.6) is 0 Å². The summed E-state index contributed by atoms with van der Waals surface area (Å²) in [5.74, 6) is 0.186. The van der Waals surface area contributed by atoms with Crippen molar-refractivity contribution in [3.8, 4) is 0 Å². The number of H-pyrrole nitrogens is 3. The summed E-state index contributed by atoms with van der Waals surface area (Å²) in [5, 5.41) is 65.1. The molecule has 3 aliphatic rings. The highest BCUT2D eigenvalue weighted by Gasteiger charge is 2.37. The lowest BCUT2D eigenvalue weighted by molar-refractivity contribution is -0.0463. The molecular formula is C40H54N6O17. The minimum absolute atomic E-state index is 0.0199. The molecule has 346 valence electrons. The molecule has 0 radical (unpaired) electrons. The van der Waals surface area contributed by atoms with Crippen molar-refractivity contribution >= 4 is 0 Å². The van der Waals surface area contributed by atoms with Gasteiger partial charge in [-0.05, 0) is 18.4 Å². The van der Waals surface area contributed by atoms with Crippen LogP contribution < -0.4 is 33.7 Å². The molecule has 3 aromatic heterocycles. The van der Waals surface area contributed by atoms with E-state index in [0.717, 1.165) is 10.1 Å². The molecule has 7 rings (SSSR count). The first-order chi connectivity index (χ1) is 30.0. The Bertz CT molecular complexity index is 2480. The van der Waals surface area contributed by atoms with Gasteiger partial charge in [0.2, 0.25) is 0 Å². The summed E-state index contributed by atoms with van der Waals surface area (Å²) in [6.45, 7) is 4.14. The van der Waals surface area contributed by atoms with Crippen molar-refractivity contribution in [3.63, 3.8) is 0 Å². The number of nitrogens with one attached hydrogen (secondary N) is 3. The fourth-order valence-corrected chi connectivity index (χ4v) is 7.14. The standard InChI is InChI=1S/C20H26N2O6.C10H14N2O6.C10H14N2O5/c1-12(2)18(13-6-4-3-5-7-13)27-11-14-9-22(20(26)21-19(14)25)17-8-15(24)16(10-23)28-17;13-3-5-2-12(10(17)11-9(5)16)8-1-6(15)7(4-14)18-8;1-5-3-12(10(16)11-9(5)15)8-2-6(14)7(4-13)17-8/h3-7,9,12,15-18,23-24H,8,10-11H2,1-2H3,(H,21,25,26);2,6-8,13-15H,1,3-4H2,(H,11,16,17);3,6-8,13-14H,2,4H2,1H3,(H,11,15,16)/t15-,16-,17-,18?;2*6-,7-,8-/m111/s1. The lowest BCUT2D eigenvalue weighted by atomic mass is 9.99. The summed E-state index contributed by atoms with van der Waals surface area (Å²) in [7, 11) is 0. The summed E-state index contributed by atoms with van der Waals surface area (Å²) in [4.78, 5) is 76.5. The number of aliphatic hydroxyl groups excluding tert-OH is 7. The Morgan fingerprint density at radius 3 is 1.41 bits per heavy atom. The molecule has 1 aromatic carbocycles. The average molecular weight is 891 g/mol. The van der Waals surface area contributed by atoms with Crippen LogP contribution >= 0.6 is 0 Å². The van der Waals surface area contributed by atoms with E-state index in [0.29, 0.717) is 5.56 Å². The van der Waals surface area contributed by atoms with Crippen LogP contribution in [-0.2, 0) is 32.2 Å². The van der Waals surface area contributed by atoms with Crippen molar-refractivity contribution in [1.82, 2.24) is 28.7 Å². The van der Waals surface area contributed by atoms with Crippen molar-refractivity contribution in [2.75, 3.05) is 19.8 Å². The molecule has 0 saturated carbocycles. The number of aromatic amines is 3. The van der Waals surface area contributed by atoms with Gasteiger partial charge in [0.15, 0.2) is 0 Å². The number of ether oxygens (including phenoxy) is 4. The van der Waals surface area contributed by atoms with Crippen LogP contribution in [0.15, 0.2) is 77.7 Å². The lowest BCUT2D eigenvalue weighted by Crippen LogP contribution is -2.34. The predicted octanol–water partition coefficient (Wildman–Crippen LogP) is -2.75. The molecule has 0 amide bonds. The van der Waals surface area contributed by atoms with E-state index >= 15 is 0 Å².